The van der Waals surface area contributed by atoms with Crippen molar-refractivity contribution in [1.29, 1.82) is 0 Å². The SMILES string of the molecule is CNC(=O)[C@H](Cc1ccccc1)N(Cc1cccc(Br)c1)C(=O)COc1ccc2ccccc2c1Br. The molecular weight excluding hydrogens is 584 g/mol. The van der Waals surface area contributed by atoms with Gasteiger partial charge in [0.1, 0.15) is 11.8 Å². The van der Waals surface area contributed by atoms with Gasteiger partial charge in [-0.25, -0.2) is 0 Å². The second-order valence-corrected chi connectivity index (χ2v) is 10.1. The molecule has 7 heteroatoms. The van der Waals surface area contributed by atoms with Crippen LogP contribution in [0.3, 0.4) is 0 Å². The predicted molar refractivity (Wildman–Crippen MR) is 150 cm³/mol. The van der Waals surface area contributed by atoms with Gasteiger partial charge in [0.05, 0.1) is 4.47 Å². The zero-order valence-corrected chi connectivity index (χ0v) is 23.0. The van der Waals surface area contributed by atoms with Crippen LogP contribution in [0.4, 0.5) is 0 Å². The number of hydrogen-bond acceptors (Lipinski definition) is 3. The molecule has 0 fully saturated rings. The largest absolute Gasteiger partial charge is 0.483 e. The lowest BCUT2D eigenvalue weighted by Gasteiger charge is -2.31. The molecule has 0 unspecified atom stereocenters. The maximum Gasteiger partial charge on any atom is 0.261 e. The highest BCUT2D eigenvalue weighted by Gasteiger charge is 2.30. The number of fused-ring (bicyclic) bond motifs is 1. The smallest absolute Gasteiger partial charge is 0.261 e. The van der Waals surface area contributed by atoms with Crippen LogP contribution in [0.1, 0.15) is 11.1 Å². The van der Waals surface area contributed by atoms with Gasteiger partial charge >= 0.3 is 0 Å². The van der Waals surface area contributed by atoms with Crippen molar-refractivity contribution in [3.8, 4) is 5.75 Å². The van der Waals surface area contributed by atoms with Gasteiger partial charge in [0.25, 0.3) is 5.91 Å². The molecule has 0 radical (unpaired) electrons. The number of rotatable bonds is 9. The highest BCUT2D eigenvalue weighted by atomic mass is 79.9. The molecule has 0 saturated heterocycles. The molecule has 1 atom stereocenters. The molecule has 0 aliphatic rings. The fourth-order valence-corrected chi connectivity index (χ4v) is 5.15. The van der Waals surface area contributed by atoms with Crippen molar-refractivity contribution in [2.24, 2.45) is 0 Å². The molecule has 5 nitrogen and oxygen atoms in total. The fraction of sp³-hybridized carbons (Fsp3) is 0.172. The molecule has 0 aliphatic heterocycles. The van der Waals surface area contributed by atoms with Crippen molar-refractivity contribution in [2.45, 2.75) is 19.0 Å². The topological polar surface area (TPSA) is 58.6 Å². The number of hydrogen-bond donors (Lipinski definition) is 1. The van der Waals surface area contributed by atoms with E-state index in [0.29, 0.717) is 12.2 Å². The molecule has 0 saturated carbocycles. The summed E-state index contributed by atoms with van der Waals surface area (Å²) in [4.78, 5) is 28.3. The monoisotopic (exact) mass is 608 g/mol. The highest BCUT2D eigenvalue weighted by molar-refractivity contribution is 9.11. The number of amides is 2. The number of halogens is 2. The summed E-state index contributed by atoms with van der Waals surface area (Å²) in [6, 6.07) is 28.5. The first-order chi connectivity index (χ1) is 17.5. The first-order valence-electron chi connectivity index (χ1n) is 11.6. The zero-order chi connectivity index (χ0) is 25.5. The summed E-state index contributed by atoms with van der Waals surface area (Å²) in [5.74, 6) is 0.0673. The molecule has 0 aromatic heterocycles. The minimum atomic E-state index is -0.701. The minimum Gasteiger partial charge on any atom is -0.483 e. The van der Waals surface area contributed by atoms with E-state index in [1.54, 1.807) is 11.9 Å². The third kappa shape index (κ3) is 6.33. The Bertz CT molecular complexity index is 1360. The number of likely N-dealkylation sites (N-methyl/N-ethyl adjacent to an activating group) is 1. The van der Waals surface area contributed by atoms with Crippen molar-refractivity contribution in [1.82, 2.24) is 10.2 Å². The summed E-state index contributed by atoms with van der Waals surface area (Å²) in [6.07, 6.45) is 0.389. The second-order valence-electron chi connectivity index (χ2n) is 8.36. The van der Waals surface area contributed by atoms with Crippen LogP contribution in [0.5, 0.6) is 5.75 Å². The molecule has 36 heavy (non-hydrogen) atoms. The number of carbonyl (C=O) groups excluding carboxylic acids is 2. The van der Waals surface area contributed by atoms with Gasteiger partial charge in [-0.1, -0.05) is 88.7 Å². The standard InChI is InChI=1S/C29H26Br2N2O3/c1-32-29(35)25(17-20-8-3-2-4-9-20)33(18-21-10-7-12-23(30)16-21)27(34)19-36-26-15-14-22-11-5-6-13-24(22)28(26)31/h2-16,25H,17-19H2,1H3,(H,32,35)/t25-/m0/s1. The molecule has 0 bridgehead atoms. The molecule has 1 N–H and O–H groups in total. The van der Waals surface area contributed by atoms with E-state index in [1.807, 2.05) is 91.0 Å². The average molecular weight is 610 g/mol. The normalized spacial score (nSPS) is 11.6. The van der Waals surface area contributed by atoms with Crippen molar-refractivity contribution >= 4 is 54.4 Å². The lowest BCUT2D eigenvalue weighted by molar-refractivity contribution is -0.142. The second kappa shape index (κ2) is 12.2. The number of nitrogens with one attached hydrogen (secondary N) is 1. The lowest BCUT2D eigenvalue weighted by Crippen LogP contribution is -2.51. The predicted octanol–water partition coefficient (Wildman–Crippen LogP) is 6.13. The Morgan fingerprint density at radius 2 is 1.61 bits per heavy atom. The third-order valence-corrected chi connectivity index (χ3v) is 7.25. The zero-order valence-electron chi connectivity index (χ0n) is 19.8. The molecule has 0 heterocycles. The van der Waals surface area contributed by atoms with Crippen LogP contribution < -0.4 is 10.1 Å². The van der Waals surface area contributed by atoms with E-state index in [1.165, 1.54) is 0 Å². The summed E-state index contributed by atoms with van der Waals surface area (Å²) in [6.45, 7) is 0.0681. The molecule has 184 valence electrons. The average Bonchev–Trinajstić information content (AvgIpc) is 2.90. The van der Waals surface area contributed by atoms with E-state index in [-0.39, 0.29) is 25.0 Å². The summed E-state index contributed by atoms with van der Waals surface area (Å²) >= 11 is 7.12. The van der Waals surface area contributed by atoms with Gasteiger partial charge in [0.15, 0.2) is 6.61 Å². The van der Waals surface area contributed by atoms with Crippen LogP contribution in [0.15, 0.2) is 99.9 Å². The van der Waals surface area contributed by atoms with Gasteiger partial charge in [-0.05, 0) is 56.0 Å². The number of carbonyl (C=O) groups is 2. The number of ether oxygens (including phenoxy) is 1. The van der Waals surface area contributed by atoms with E-state index in [0.717, 1.165) is 30.8 Å². The van der Waals surface area contributed by atoms with Gasteiger partial charge in [-0.3, -0.25) is 9.59 Å². The summed E-state index contributed by atoms with van der Waals surface area (Å²) in [5, 5.41) is 4.80. The Kier molecular flexibility index (Phi) is 8.78. The van der Waals surface area contributed by atoms with Gasteiger partial charge in [0.2, 0.25) is 5.91 Å². The van der Waals surface area contributed by atoms with Gasteiger partial charge in [-0.15, -0.1) is 0 Å². The van der Waals surface area contributed by atoms with Gasteiger partial charge in [0, 0.05) is 24.5 Å². The Morgan fingerprint density at radius 3 is 2.36 bits per heavy atom. The van der Waals surface area contributed by atoms with Crippen LogP contribution in [0, 0.1) is 0 Å². The van der Waals surface area contributed by atoms with Gasteiger partial charge < -0.3 is 15.0 Å². The molecule has 4 aromatic rings. The van der Waals surface area contributed by atoms with Crippen molar-refractivity contribution in [2.75, 3.05) is 13.7 Å². The quantitative estimate of drug-likeness (QED) is 0.248. The van der Waals surface area contributed by atoms with Crippen molar-refractivity contribution in [3.63, 3.8) is 0 Å². The first-order valence-corrected chi connectivity index (χ1v) is 13.1. The Balaban J connectivity index is 1.62. The first kappa shape index (κ1) is 25.9. The van der Waals surface area contributed by atoms with E-state index in [9.17, 15) is 9.59 Å². The number of nitrogens with zero attached hydrogens (tertiary/aromatic N) is 1. The fourth-order valence-electron chi connectivity index (χ4n) is 4.10. The van der Waals surface area contributed by atoms with Crippen molar-refractivity contribution in [3.05, 3.63) is 111 Å². The molecule has 4 aromatic carbocycles. The van der Waals surface area contributed by atoms with Crippen LogP contribution in [0.25, 0.3) is 10.8 Å². The van der Waals surface area contributed by atoms with E-state index < -0.39 is 6.04 Å². The van der Waals surface area contributed by atoms with Crippen LogP contribution in [-0.4, -0.2) is 36.4 Å². The van der Waals surface area contributed by atoms with E-state index in [2.05, 4.69) is 37.2 Å². The van der Waals surface area contributed by atoms with Crippen molar-refractivity contribution < 1.29 is 14.3 Å². The maximum atomic E-state index is 13.6. The number of benzene rings is 4. The summed E-state index contributed by atoms with van der Waals surface area (Å²) in [7, 11) is 1.59. The van der Waals surface area contributed by atoms with Crippen LogP contribution >= 0.6 is 31.9 Å². The van der Waals surface area contributed by atoms with E-state index in [4.69, 9.17) is 4.74 Å². The minimum absolute atomic E-state index is 0.201. The molecule has 0 spiro atoms. The Morgan fingerprint density at radius 1 is 0.889 bits per heavy atom. The van der Waals surface area contributed by atoms with Crippen LogP contribution in [-0.2, 0) is 22.6 Å². The molecule has 0 aliphatic carbocycles. The summed E-state index contributed by atoms with van der Waals surface area (Å²) < 4.78 is 7.68. The Labute approximate surface area is 227 Å². The van der Waals surface area contributed by atoms with E-state index >= 15 is 0 Å². The Hall–Kier alpha value is -3.16. The maximum absolute atomic E-state index is 13.6. The summed E-state index contributed by atoms with van der Waals surface area (Å²) in [5.41, 5.74) is 1.88. The highest BCUT2D eigenvalue weighted by Crippen LogP contribution is 2.33. The van der Waals surface area contributed by atoms with Crippen LogP contribution in [0.2, 0.25) is 0 Å². The van der Waals surface area contributed by atoms with Gasteiger partial charge in [-0.2, -0.15) is 0 Å². The molecular formula is C29H26Br2N2O3. The molecule has 2 amide bonds. The lowest BCUT2D eigenvalue weighted by atomic mass is 10.0. The third-order valence-electron chi connectivity index (χ3n) is 5.94. The molecule has 4 rings (SSSR count).